The van der Waals surface area contributed by atoms with Crippen LogP contribution in [0.1, 0.15) is 5.56 Å². The fraction of sp³-hybridized carbons (Fsp3) is 0.167. The van der Waals surface area contributed by atoms with Gasteiger partial charge in [0.25, 0.3) is 5.69 Å². The quantitative estimate of drug-likeness (QED) is 0.601. The molecule has 2 aromatic rings. The summed E-state index contributed by atoms with van der Waals surface area (Å²) in [5, 5.41) is 10.7. The molecule has 5 heteroatoms. The number of non-ortho nitro benzene ring substituents is 1. The lowest BCUT2D eigenvalue weighted by Gasteiger charge is -2.09. The maximum absolute atomic E-state index is 10.7. The highest BCUT2D eigenvalue weighted by Gasteiger charge is 2.11. The molecule has 0 N–H and O–H groups in total. The topological polar surface area (TPSA) is 57.3 Å². The van der Waals surface area contributed by atoms with Crippen LogP contribution >= 0.6 is 0 Å². The number of aromatic nitrogens is 1. The van der Waals surface area contributed by atoms with E-state index in [-0.39, 0.29) is 5.69 Å². The number of methoxy groups -OCH3 is 1. The van der Waals surface area contributed by atoms with Gasteiger partial charge in [0, 0.05) is 30.1 Å². The zero-order chi connectivity index (χ0) is 12.3. The van der Waals surface area contributed by atoms with E-state index >= 15 is 0 Å². The summed E-state index contributed by atoms with van der Waals surface area (Å²) < 4.78 is 7.13. The molecule has 0 fully saturated rings. The Morgan fingerprint density at radius 2 is 2.06 bits per heavy atom. The number of hydrogen-bond donors (Lipinski definition) is 0. The van der Waals surface area contributed by atoms with E-state index in [0.29, 0.717) is 12.3 Å². The van der Waals surface area contributed by atoms with Crippen molar-refractivity contribution in [3.63, 3.8) is 0 Å². The van der Waals surface area contributed by atoms with Gasteiger partial charge in [0.1, 0.15) is 5.75 Å². The molecular formula is C12H12N2O3. The van der Waals surface area contributed by atoms with Gasteiger partial charge in [-0.1, -0.05) is 0 Å². The molecule has 0 atom stereocenters. The van der Waals surface area contributed by atoms with Crippen LogP contribution in [0.15, 0.2) is 42.7 Å². The van der Waals surface area contributed by atoms with Gasteiger partial charge in [-0.3, -0.25) is 10.1 Å². The Labute approximate surface area is 98.4 Å². The molecule has 17 heavy (non-hydrogen) atoms. The molecule has 0 amide bonds. The molecular weight excluding hydrogens is 220 g/mol. The average molecular weight is 232 g/mol. The van der Waals surface area contributed by atoms with E-state index < -0.39 is 4.92 Å². The number of ether oxygens (including phenoxy) is 1. The van der Waals surface area contributed by atoms with Crippen LogP contribution in [0.25, 0.3) is 0 Å². The maximum Gasteiger partial charge on any atom is 0.270 e. The number of rotatable bonds is 4. The maximum atomic E-state index is 10.7. The fourth-order valence-corrected chi connectivity index (χ4v) is 1.67. The first-order valence-electron chi connectivity index (χ1n) is 5.13. The van der Waals surface area contributed by atoms with E-state index in [1.807, 2.05) is 29.1 Å². The standard InChI is InChI=1S/C12H12N2O3/c1-17-12-5-4-11(14(15)16)8-10(12)9-13-6-2-3-7-13/h2-8H,9H2,1H3. The molecule has 88 valence electrons. The largest absolute Gasteiger partial charge is 0.496 e. The minimum Gasteiger partial charge on any atom is -0.496 e. The van der Waals surface area contributed by atoms with Crippen molar-refractivity contribution >= 4 is 5.69 Å². The van der Waals surface area contributed by atoms with Crippen molar-refractivity contribution in [2.75, 3.05) is 7.11 Å². The normalized spacial score (nSPS) is 10.2. The molecule has 1 aromatic carbocycles. The second-order valence-corrected chi connectivity index (χ2v) is 3.61. The Hall–Kier alpha value is -2.30. The van der Waals surface area contributed by atoms with Crippen molar-refractivity contribution in [3.05, 3.63) is 58.4 Å². The van der Waals surface area contributed by atoms with Crippen LogP contribution in [0, 0.1) is 10.1 Å². The molecule has 0 aliphatic rings. The van der Waals surface area contributed by atoms with Crippen LogP contribution in [-0.4, -0.2) is 16.6 Å². The zero-order valence-corrected chi connectivity index (χ0v) is 9.37. The van der Waals surface area contributed by atoms with Crippen molar-refractivity contribution in [2.24, 2.45) is 0 Å². The Bertz CT molecular complexity index is 521. The van der Waals surface area contributed by atoms with Crippen LogP contribution < -0.4 is 4.74 Å². The van der Waals surface area contributed by atoms with Gasteiger partial charge in [0.05, 0.1) is 18.6 Å². The summed E-state index contributed by atoms with van der Waals surface area (Å²) in [6.07, 6.45) is 3.80. The lowest BCUT2D eigenvalue weighted by molar-refractivity contribution is -0.384. The summed E-state index contributed by atoms with van der Waals surface area (Å²) in [7, 11) is 1.56. The van der Waals surface area contributed by atoms with Crippen molar-refractivity contribution in [1.29, 1.82) is 0 Å². The molecule has 0 bridgehead atoms. The number of benzene rings is 1. The summed E-state index contributed by atoms with van der Waals surface area (Å²) in [4.78, 5) is 10.3. The van der Waals surface area contributed by atoms with Crippen molar-refractivity contribution in [1.82, 2.24) is 4.57 Å². The van der Waals surface area contributed by atoms with Gasteiger partial charge in [0.2, 0.25) is 0 Å². The minimum absolute atomic E-state index is 0.0768. The first-order valence-corrected chi connectivity index (χ1v) is 5.13. The number of nitro benzene ring substituents is 1. The van der Waals surface area contributed by atoms with Crippen molar-refractivity contribution < 1.29 is 9.66 Å². The van der Waals surface area contributed by atoms with Crippen LogP contribution in [0.5, 0.6) is 5.75 Å². The van der Waals surface area contributed by atoms with Gasteiger partial charge in [-0.05, 0) is 18.2 Å². The Morgan fingerprint density at radius 3 is 2.65 bits per heavy atom. The highest BCUT2D eigenvalue weighted by Crippen LogP contribution is 2.24. The summed E-state index contributed by atoms with van der Waals surface area (Å²) in [6, 6.07) is 8.42. The molecule has 2 rings (SSSR count). The fourth-order valence-electron chi connectivity index (χ4n) is 1.67. The van der Waals surface area contributed by atoms with Gasteiger partial charge in [0.15, 0.2) is 0 Å². The van der Waals surface area contributed by atoms with E-state index in [0.717, 1.165) is 5.56 Å². The molecule has 0 saturated carbocycles. The summed E-state index contributed by atoms with van der Waals surface area (Å²) >= 11 is 0. The third-order valence-corrected chi connectivity index (χ3v) is 2.49. The molecule has 5 nitrogen and oxygen atoms in total. The lowest BCUT2D eigenvalue weighted by atomic mass is 10.1. The number of nitro groups is 1. The molecule has 0 saturated heterocycles. The van der Waals surface area contributed by atoms with Crippen molar-refractivity contribution in [3.8, 4) is 5.75 Å². The van der Waals surface area contributed by atoms with E-state index in [9.17, 15) is 10.1 Å². The Morgan fingerprint density at radius 1 is 1.35 bits per heavy atom. The van der Waals surface area contributed by atoms with E-state index in [1.54, 1.807) is 19.2 Å². The molecule has 0 radical (unpaired) electrons. The van der Waals surface area contributed by atoms with E-state index in [1.165, 1.54) is 6.07 Å². The predicted molar refractivity (Wildman–Crippen MR) is 63.2 cm³/mol. The predicted octanol–water partition coefficient (Wildman–Crippen LogP) is 2.45. The smallest absolute Gasteiger partial charge is 0.270 e. The second kappa shape index (κ2) is 4.69. The van der Waals surface area contributed by atoms with Gasteiger partial charge >= 0.3 is 0 Å². The highest BCUT2D eigenvalue weighted by molar-refractivity contribution is 5.43. The first-order chi connectivity index (χ1) is 8.20. The van der Waals surface area contributed by atoms with Crippen molar-refractivity contribution in [2.45, 2.75) is 6.54 Å². The summed E-state index contributed by atoms with van der Waals surface area (Å²) in [6.45, 7) is 0.553. The Balaban J connectivity index is 2.35. The van der Waals surface area contributed by atoms with Crippen LogP contribution in [0.4, 0.5) is 5.69 Å². The van der Waals surface area contributed by atoms with Gasteiger partial charge < -0.3 is 9.30 Å². The highest BCUT2D eigenvalue weighted by atomic mass is 16.6. The summed E-state index contributed by atoms with van der Waals surface area (Å²) in [5.41, 5.74) is 0.867. The SMILES string of the molecule is COc1ccc([N+](=O)[O-])cc1Cn1cccc1. The molecule has 1 heterocycles. The third-order valence-electron chi connectivity index (χ3n) is 2.49. The molecule has 1 aromatic heterocycles. The summed E-state index contributed by atoms with van der Waals surface area (Å²) in [5.74, 6) is 0.657. The molecule has 0 unspecified atom stereocenters. The Kier molecular flexibility index (Phi) is 3.09. The van der Waals surface area contributed by atoms with Crippen LogP contribution in [-0.2, 0) is 6.54 Å². The van der Waals surface area contributed by atoms with Crippen LogP contribution in [0.2, 0.25) is 0 Å². The molecule has 0 spiro atoms. The number of hydrogen-bond acceptors (Lipinski definition) is 3. The van der Waals surface area contributed by atoms with E-state index in [4.69, 9.17) is 4.74 Å². The van der Waals surface area contributed by atoms with E-state index in [2.05, 4.69) is 0 Å². The monoisotopic (exact) mass is 232 g/mol. The number of nitrogens with zero attached hydrogens (tertiary/aromatic N) is 2. The third kappa shape index (κ3) is 2.44. The molecule has 0 aliphatic carbocycles. The van der Waals surface area contributed by atoms with Gasteiger partial charge in [-0.2, -0.15) is 0 Å². The second-order valence-electron chi connectivity index (χ2n) is 3.61. The first kappa shape index (κ1) is 11.2. The average Bonchev–Trinajstić information content (AvgIpc) is 2.81. The molecule has 0 aliphatic heterocycles. The van der Waals surface area contributed by atoms with Crippen LogP contribution in [0.3, 0.4) is 0 Å². The zero-order valence-electron chi connectivity index (χ0n) is 9.37. The lowest BCUT2D eigenvalue weighted by Crippen LogP contribution is -2.00. The van der Waals surface area contributed by atoms with Gasteiger partial charge in [-0.25, -0.2) is 0 Å². The van der Waals surface area contributed by atoms with Gasteiger partial charge in [-0.15, -0.1) is 0 Å². The minimum atomic E-state index is -0.404.